The summed E-state index contributed by atoms with van der Waals surface area (Å²) in [4.78, 5) is 26.0. The molecule has 2 N–H and O–H groups in total. The van der Waals surface area contributed by atoms with Gasteiger partial charge in [0.1, 0.15) is 36.9 Å². The summed E-state index contributed by atoms with van der Waals surface area (Å²) in [6.07, 6.45) is 4.82. The Labute approximate surface area is 199 Å². The number of phenolic OH excluding ortho intramolecular Hbond substituents is 1. The molecule has 6 heteroatoms. The molecule has 4 atom stereocenters. The molecule has 4 aliphatic rings. The first kappa shape index (κ1) is 21.2. The van der Waals surface area contributed by atoms with Gasteiger partial charge in [-0.15, -0.1) is 0 Å². The number of phenols is 1. The van der Waals surface area contributed by atoms with Gasteiger partial charge in [0.05, 0.1) is 24.8 Å². The number of aromatic hydroxyl groups is 1. The number of fused-ring (bicyclic) bond motifs is 2. The zero-order chi connectivity index (χ0) is 23.7. The number of ketones is 1. The maximum absolute atomic E-state index is 13.6. The van der Waals surface area contributed by atoms with Crippen LogP contribution < -0.4 is 10.1 Å². The number of ether oxygens (including phenoxy) is 1. The summed E-state index contributed by atoms with van der Waals surface area (Å²) < 4.78 is 5.94. The first-order valence-electron chi connectivity index (χ1n) is 11.9. The number of carbonyl (C=O) groups excluding carboxylic acids is 2. The zero-order valence-electron chi connectivity index (χ0n) is 19.5. The number of Topliss-reactive ketones (excluding diaryl/α,β-unsaturated/α-hetero) is 1. The van der Waals surface area contributed by atoms with E-state index >= 15 is 0 Å². The van der Waals surface area contributed by atoms with Gasteiger partial charge in [-0.1, -0.05) is 18.2 Å². The molecule has 2 aromatic rings. The lowest BCUT2D eigenvalue weighted by Crippen LogP contribution is -2.64. The van der Waals surface area contributed by atoms with Crippen molar-refractivity contribution in [2.75, 3.05) is 32.1 Å². The van der Waals surface area contributed by atoms with Crippen LogP contribution in [0.3, 0.4) is 0 Å². The highest BCUT2D eigenvalue weighted by Gasteiger charge is 2.69. The third kappa shape index (κ3) is 2.60. The number of quaternary nitrogens is 1. The molecule has 0 radical (unpaired) electrons. The number of hydrogen-bond acceptors (Lipinski definition) is 5. The summed E-state index contributed by atoms with van der Waals surface area (Å²) in [5.41, 5.74) is 5.07. The van der Waals surface area contributed by atoms with Crippen LogP contribution in [0.2, 0.25) is 0 Å². The summed E-state index contributed by atoms with van der Waals surface area (Å²) in [6, 6.07) is 13.2. The number of hydrogen-bond donors (Lipinski definition) is 2. The molecule has 2 bridgehead atoms. The van der Waals surface area contributed by atoms with E-state index < -0.39 is 0 Å². The number of benzene rings is 2. The fraction of sp³-hybridized carbons (Fsp3) is 0.357. The van der Waals surface area contributed by atoms with Crippen molar-refractivity contribution in [1.82, 2.24) is 0 Å². The molecule has 3 heterocycles. The summed E-state index contributed by atoms with van der Waals surface area (Å²) in [7, 11) is 1.62. The quantitative estimate of drug-likeness (QED) is 0.234. The van der Waals surface area contributed by atoms with Crippen LogP contribution in [0.1, 0.15) is 35.7 Å². The van der Waals surface area contributed by atoms with E-state index in [0.717, 1.165) is 54.8 Å². The second kappa shape index (κ2) is 7.31. The summed E-state index contributed by atoms with van der Waals surface area (Å²) >= 11 is 0. The van der Waals surface area contributed by atoms with Crippen LogP contribution in [0.25, 0.3) is 0 Å². The first-order chi connectivity index (χ1) is 16.5. The van der Waals surface area contributed by atoms with E-state index in [1.165, 1.54) is 5.57 Å². The third-order valence-corrected chi connectivity index (χ3v) is 8.84. The Kier molecular flexibility index (Phi) is 4.55. The fourth-order valence-corrected chi connectivity index (χ4v) is 7.34. The Hall–Kier alpha value is -3.38. The molecule has 6 nitrogen and oxygen atoms in total. The number of carbonyl (C=O) groups is 2. The minimum Gasteiger partial charge on any atom is -0.506 e. The Balaban J connectivity index is 1.49. The van der Waals surface area contributed by atoms with E-state index in [1.807, 2.05) is 37.3 Å². The Morgan fingerprint density at radius 3 is 2.76 bits per heavy atom. The average Bonchev–Trinajstić information content (AvgIpc) is 3.39. The van der Waals surface area contributed by atoms with Crippen molar-refractivity contribution in [2.24, 2.45) is 5.92 Å². The van der Waals surface area contributed by atoms with Crippen molar-refractivity contribution in [3.63, 3.8) is 0 Å². The molecule has 0 aromatic heterocycles. The SMILES string of the molecule is C/C=C1/C[N@@+]2(CC(=O)c3ccc(OC)cc3)CC[C@]34C(=C(C=O)[C@H]1C[C@@H]32)Nc1c(O)cccc14. The lowest BCUT2D eigenvalue weighted by molar-refractivity contribution is -0.934. The summed E-state index contributed by atoms with van der Waals surface area (Å²) in [5.74, 6) is 1.12. The molecule has 0 saturated carbocycles. The lowest BCUT2D eigenvalue weighted by atomic mass is 9.61. The van der Waals surface area contributed by atoms with Crippen molar-refractivity contribution in [3.8, 4) is 11.5 Å². The molecule has 1 spiro atoms. The van der Waals surface area contributed by atoms with Gasteiger partial charge in [0.25, 0.3) is 0 Å². The van der Waals surface area contributed by atoms with E-state index in [0.29, 0.717) is 22.3 Å². The molecular formula is C28H29N2O4+. The second-order valence-electron chi connectivity index (χ2n) is 10.1. The van der Waals surface area contributed by atoms with Crippen molar-refractivity contribution in [2.45, 2.75) is 31.2 Å². The van der Waals surface area contributed by atoms with Gasteiger partial charge in [-0.2, -0.15) is 0 Å². The Morgan fingerprint density at radius 1 is 1.26 bits per heavy atom. The van der Waals surface area contributed by atoms with Crippen molar-refractivity contribution >= 4 is 17.8 Å². The van der Waals surface area contributed by atoms with Gasteiger partial charge in [0, 0.05) is 35.6 Å². The van der Waals surface area contributed by atoms with Crippen LogP contribution in [-0.4, -0.2) is 54.4 Å². The number of methoxy groups -OCH3 is 1. The standard InChI is InChI=1S/C28H28N2O4/c1-3-17-14-30(15-24(33)18-7-9-19(34-2)10-8-18)12-11-28-22-5-4-6-23(32)26(22)29-27(28)21(16-31)20(17)13-25(28)30/h3-10,16,20,25H,11-15H2,1-2H3,(H-,29,31,32)/p+1/b17-3-/t20-,25-,28+,30+/m0/s1. The van der Waals surface area contributed by atoms with E-state index in [2.05, 4.69) is 17.5 Å². The van der Waals surface area contributed by atoms with E-state index in [4.69, 9.17) is 4.74 Å². The van der Waals surface area contributed by atoms with Gasteiger partial charge in [0.2, 0.25) is 5.78 Å². The topological polar surface area (TPSA) is 75.6 Å². The maximum atomic E-state index is 13.6. The van der Waals surface area contributed by atoms with Crippen LogP contribution >= 0.6 is 0 Å². The van der Waals surface area contributed by atoms with Crippen LogP contribution in [-0.2, 0) is 10.2 Å². The predicted molar refractivity (Wildman–Crippen MR) is 129 cm³/mol. The highest BCUT2D eigenvalue weighted by molar-refractivity contribution is 5.97. The molecule has 3 aliphatic heterocycles. The number of nitrogens with one attached hydrogen (secondary N) is 1. The molecule has 34 heavy (non-hydrogen) atoms. The van der Waals surface area contributed by atoms with Crippen molar-refractivity contribution in [1.29, 1.82) is 0 Å². The van der Waals surface area contributed by atoms with Gasteiger partial charge in [-0.05, 0) is 48.4 Å². The molecule has 174 valence electrons. The summed E-state index contributed by atoms with van der Waals surface area (Å²) in [5, 5.41) is 14.1. The molecule has 0 unspecified atom stereocenters. The van der Waals surface area contributed by atoms with Gasteiger partial charge in [0.15, 0.2) is 0 Å². The smallest absolute Gasteiger partial charge is 0.216 e. The van der Waals surface area contributed by atoms with Gasteiger partial charge in [-0.25, -0.2) is 0 Å². The van der Waals surface area contributed by atoms with Crippen LogP contribution in [0.15, 0.2) is 65.4 Å². The second-order valence-corrected chi connectivity index (χ2v) is 10.1. The number of rotatable bonds is 5. The molecule has 2 saturated heterocycles. The number of piperidine rings is 1. The number of anilines is 1. The zero-order valence-corrected chi connectivity index (χ0v) is 19.5. The van der Waals surface area contributed by atoms with Gasteiger partial charge >= 0.3 is 0 Å². The average molecular weight is 458 g/mol. The highest BCUT2D eigenvalue weighted by atomic mass is 16.5. The maximum Gasteiger partial charge on any atom is 0.216 e. The highest BCUT2D eigenvalue weighted by Crippen LogP contribution is 2.64. The van der Waals surface area contributed by atoms with E-state index in [-0.39, 0.29) is 28.9 Å². The van der Waals surface area contributed by atoms with E-state index in [1.54, 1.807) is 13.2 Å². The number of aldehydes is 1. The van der Waals surface area contributed by atoms with E-state index in [9.17, 15) is 14.7 Å². The largest absolute Gasteiger partial charge is 0.506 e. The normalized spacial score (nSPS) is 31.6. The Bertz CT molecular complexity index is 1280. The first-order valence-corrected chi connectivity index (χ1v) is 11.9. The monoisotopic (exact) mass is 457 g/mol. The molecule has 2 fully saturated rings. The molecule has 0 amide bonds. The minimum atomic E-state index is -0.375. The Morgan fingerprint density at radius 2 is 2.06 bits per heavy atom. The predicted octanol–water partition coefficient (Wildman–Crippen LogP) is 3.97. The number of nitrogens with zero attached hydrogens (tertiary/aromatic N) is 1. The lowest BCUT2D eigenvalue weighted by Gasteiger charge is -2.53. The van der Waals surface area contributed by atoms with Gasteiger partial charge < -0.3 is 19.6 Å². The molecular weight excluding hydrogens is 428 g/mol. The van der Waals surface area contributed by atoms with Gasteiger partial charge in [-0.3, -0.25) is 9.59 Å². The van der Waals surface area contributed by atoms with Crippen LogP contribution in [0.5, 0.6) is 11.5 Å². The minimum absolute atomic E-state index is 0.0556. The van der Waals surface area contributed by atoms with Crippen LogP contribution in [0.4, 0.5) is 5.69 Å². The fourth-order valence-electron chi connectivity index (χ4n) is 7.34. The van der Waals surface area contributed by atoms with Crippen molar-refractivity contribution < 1.29 is 23.9 Å². The third-order valence-electron chi connectivity index (χ3n) is 8.84. The molecule has 2 aromatic carbocycles. The number of para-hydroxylation sites is 1. The van der Waals surface area contributed by atoms with Crippen molar-refractivity contribution in [3.05, 3.63) is 76.5 Å². The number of allylic oxidation sites excluding steroid dienone is 2. The summed E-state index contributed by atoms with van der Waals surface area (Å²) in [6.45, 7) is 4.07. The van der Waals surface area contributed by atoms with Crippen LogP contribution in [0, 0.1) is 5.92 Å². The molecule has 6 rings (SSSR count). The molecule has 1 aliphatic carbocycles.